The molecular formula is C22H30N6O2. The van der Waals surface area contributed by atoms with Gasteiger partial charge in [0, 0.05) is 56.2 Å². The third-order valence-electron chi connectivity index (χ3n) is 4.89. The highest BCUT2D eigenvalue weighted by atomic mass is 16.2. The number of carbonyl (C=O) groups is 2. The van der Waals surface area contributed by atoms with Crippen molar-refractivity contribution in [3.8, 4) is 0 Å². The van der Waals surface area contributed by atoms with Crippen molar-refractivity contribution < 1.29 is 9.59 Å². The van der Waals surface area contributed by atoms with Gasteiger partial charge in [0.15, 0.2) is 0 Å². The van der Waals surface area contributed by atoms with Crippen molar-refractivity contribution in [1.29, 1.82) is 0 Å². The van der Waals surface area contributed by atoms with E-state index >= 15 is 0 Å². The Hall–Kier alpha value is -3.13. The Morgan fingerprint density at radius 3 is 2.60 bits per heavy atom. The van der Waals surface area contributed by atoms with E-state index in [0.29, 0.717) is 17.8 Å². The molecule has 0 radical (unpaired) electrons. The molecule has 30 heavy (non-hydrogen) atoms. The summed E-state index contributed by atoms with van der Waals surface area (Å²) in [6.07, 6.45) is 1.78. The zero-order chi connectivity index (χ0) is 21.5. The van der Waals surface area contributed by atoms with E-state index in [2.05, 4.69) is 37.8 Å². The van der Waals surface area contributed by atoms with Gasteiger partial charge in [-0.05, 0) is 56.8 Å². The van der Waals surface area contributed by atoms with Crippen molar-refractivity contribution in [2.45, 2.75) is 26.4 Å². The van der Waals surface area contributed by atoms with E-state index in [4.69, 9.17) is 0 Å². The number of amides is 3. The van der Waals surface area contributed by atoms with E-state index in [1.807, 2.05) is 26.0 Å². The summed E-state index contributed by atoms with van der Waals surface area (Å²) >= 11 is 0. The molecule has 1 aromatic heterocycles. The summed E-state index contributed by atoms with van der Waals surface area (Å²) in [5.41, 5.74) is 2.06. The largest absolute Gasteiger partial charge is 0.354 e. The van der Waals surface area contributed by atoms with Crippen LogP contribution in [0.4, 0.5) is 16.3 Å². The number of pyridine rings is 1. The molecule has 1 saturated heterocycles. The van der Waals surface area contributed by atoms with Gasteiger partial charge in [-0.1, -0.05) is 6.07 Å². The van der Waals surface area contributed by atoms with Crippen molar-refractivity contribution in [3.63, 3.8) is 0 Å². The van der Waals surface area contributed by atoms with Crippen molar-refractivity contribution in [2.75, 3.05) is 43.4 Å². The van der Waals surface area contributed by atoms with Crippen LogP contribution in [0.3, 0.4) is 0 Å². The molecule has 160 valence electrons. The van der Waals surface area contributed by atoms with Gasteiger partial charge in [0.1, 0.15) is 5.82 Å². The van der Waals surface area contributed by atoms with Crippen LogP contribution in [0.25, 0.3) is 0 Å². The van der Waals surface area contributed by atoms with Crippen LogP contribution in [0.1, 0.15) is 29.8 Å². The predicted molar refractivity (Wildman–Crippen MR) is 119 cm³/mol. The van der Waals surface area contributed by atoms with Crippen LogP contribution in [0.2, 0.25) is 0 Å². The molecular weight excluding hydrogens is 380 g/mol. The second-order valence-corrected chi connectivity index (χ2v) is 7.83. The van der Waals surface area contributed by atoms with Gasteiger partial charge in [-0.3, -0.25) is 4.79 Å². The number of hydrogen-bond acceptors (Lipinski definition) is 5. The number of benzene rings is 1. The first-order valence-electron chi connectivity index (χ1n) is 10.2. The maximum atomic E-state index is 12.6. The standard InChI is InChI=1S/C22H30N6O2/c1-16(2)25-22(30)26-19-6-4-5-18(14-19)21(29)24-15-17-7-8-23-20(13-17)28-11-9-27(3)10-12-28/h4-8,13-14,16H,9-12,15H2,1-3H3,(H,24,29)(H2,25,26,30). The molecule has 1 aliphatic heterocycles. The molecule has 0 bridgehead atoms. The first-order valence-corrected chi connectivity index (χ1v) is 10.2. The van der Waals surface area contributed by atoms with Crippen molar-refractivity contribution in [3.05, 3.63) is 53.7 Å². The van der Waals surface area contributed by atoms with E-state index < -0.39 is 0 Å². The monoisotopic (exact) mass is 410 g/mol. The minimum absolute atomic E-state index is 0.0348. The minimum Gasteiger partial charge on any atom is -0.354 e. The molecule has 2 heterocycles. The first kappa shape index (κ1) is 21.6. The van der Waals surface area contributed by atoms with Gasteiger partial charge in [-0.15, -0.1) is 0 Å². The molecule has 1 aromatic carbocycles. The number of carbonyl (C=O) groups excluding carboxylic acids is 2. The van der Waals surface area contributed by atoms with Crippen LogP contribution in [-0.2, 0) is 6.54 Å². The summed E-state index contributed by atoms with van der Waals surface area (Å²) in [7, 11) is 2.12. The third kappa shape index (κ3) is 6.18. The molecule has 1 aliphatic rings. The fourth-order valence-electron chi connectivity index (χ4n) is 3.23. The van der Waals surface area contributed by atoms with Gasteiger partial charge in [0.25, 0.3) is 5.91 Å². The molecule has 1 fully saturated rings. The molecule has 0 unspecified atom stereocenters. The van der Waals surface area contributed by atoms with Crippen LogP contribution in [-0.4, -0.2) is 61.1 Å². The lowest BCUT2D eigenvalue weighted by molar-refractivity contribution is 0.0951. The lowest BCUT2D eigenvalue weighted by atomic mass is 10.1. The zero-order valence-corrected chi connectivity index (χ0v) is 17.8. The molecule has 3 N–H and O–H groups in total. The minimum atomic E-state index is -0.296. The fourth-order valence-corrected chi connectivity index (χ4v) is 3.23. The lowest BCUT2D eigenvalue weighted by Crippen LogP contribution is -2.44. The second kappa shape index (κ2) is 10.1. The van der Waals surface area contributed by atoms with E-state index in [1.165, 1.54) is 0 Å². The lowest BCUT2D eigenvalue weighted by Gasteiger charge is -2.33. The van der Waals surface area contributed by atoms with Gasteiger partial charge in [0.05, 0.1) is 0 Å². The Balaban J connectivity index is 1.57. The van der Waals surface area contributed by atoms with Crippen LogP contribution in [0, 0.1) is 0 Å². The topological polar surface area (TPSA) is 89.6 Å². The summed E-state index contributed by atoms with van der Waals surface area (Å²) in [6.45, 7) is 8.11. The number of urea groups is 1. The van der Waals surface area contributed by atoms with Gasteiger partial charge >= 0.3 is 6.03 Å². The summed E-state index contributed by atoms with van der Waals surface area (Å²) in [6, 6.07) is 10.6. The SMILES string of the molecule is CC(C)NC(=O)Nc1cccc(C(=O)NCc2ccnc(N3CCN(C)CC3)c2)c1. The number of piperazine rings is 1. The van der Waals surface area contributed by atoms with Crippen LogP contribution in [0.15, 0.2) is 42.6 Å². The molecule has 0 spiro atoms. The predicted octanol–water partition coefficient (Wildman–Crippen LogP) is 2.29. The quantitative estimate of drug-likeness (QED) is 0.680. The third-order valence-corrected chi connectivity index (χ3v) is 4.89. The van der Waals surface area contributed by atoms with Crippen molar-refractivity contribution in [2.24, 2.45) is 0 Å². The van der Waals surface area contributed by atoms with Gasteiger partial charge < -0.3 is 25.8 Å². The van der Waals surface area contributed by atoms with Gasteiger partial charge in [-0.2, -0.15) is 0 Å². The number of aromatic nitrogens is 1. The Morgan fingerprint density at radius 2 is 1.87 bits per heavy atom. The normalized spacial score (nSPS) is 14.5. The second-order valence-electron chi connectivity index (χ2n) is 7.83. The van der Waals surface area contributed by atoms with E-state index in [9.17, 15) is 9.59 Å². The first-order chi connectivity index (χ1) is 14.4. The van der Waals surface area contributed by atoms with Crippen LogP contribution in [0.5, 0.6) is 0 Å². The molecule has 0 aliphatic carbocycles. The highest BCUT2D eigenvalue weighted by Crippen LogP contribution is 2.15. The number of likely N-dealkylation sites (N-methyl/N-ethyl adjacent to an activating group) is 1. The smallest absolute Gasteiger partial charge is 0.319 e. The van der Waals surface area contributed by atoms with E-state index in [0.717, 1.165) is 37.6 Å². The molecule has 0 saturated carbocycles. The summed E-state index contributed by atoms with van der Waals surface area (Å²) in [5, 5.41) is 8.44. The number of hydrogen-bond donors (Lipinski definition) is 3. The average molecular weight is 411 g/mol. The number of nitrogens with zero attached hydrogens (tertiary/aromatic N) is 3. The highest BCUT2D eigenvalue weighted by Gasteiger charge is 2.15. The summed E-state index contributed by atoms with van der Waals surface area (Å²) in [4.78, 5) is 33.5. The van der Waals surface area contributed by atoms with Crippen molar-refractivity contribution in [1.82, 2.24) is 20.5 Å². The Labute approximate surface area is 177 Å². The molecule has 3 amide bonds. The summed E-state index contributed by atoms with van der Waals surface area (Å²) < 4.78 is 0. The number of rotatable bonds is 6. The fraction of sp³-hybridized carbons (Fsp3) is 0.409. The van der Waals surface area contributed by atoms with E-state index in [-0.39, 0.29) is 18.0 Å². The van der Waals surface area contributed by atoms with Crippen LogP contribution < -0.4 is 20.9 Å². The Morgan fingerprint density at radius 1 is 1.10 bits per heavy atom. The molecule has 8 heteroatoms. The molecule has 0 atom stereocenters. The average Bonchev–Trinajstić information content (AvgIpc) is 2.72. The number of nitrogens with one attached hydrogen (secondary N) is 3. The Bertz CT molecular complexity index is 877. The van der Waals surface area contributed by atoms with Gasteiger partial charge in [-0.25, -0.2) is 9.78 Å². The maximum absolute atomic E-state index is 12.6. The van der Waals surface area contributed by atoms with Gasteiger partial charge in [0.2, 0.25) is 0 Å². The molecule has 2 aromatic rings. The van der Waals surface area contributed by atoms with E-state index in [1.54, 1.807) is 30.5 Å². The maximum Gasteiger partial charge on any atom is 0.319 e. The molecule has 3 rings (SSSR count). The van der Waals surface area contributed by atoms with Crippen LogP contribution >= 0.6 is 0 Å². The zero-order valence-electron chi connectivity index (χ0n) is 17.8. The van der Waals surface area contributed by atoms with Crippen molar-refractivity contribution >= 4 is 23.4 Å². The number of anilines is 2. The highest BCUT2D eigenvalue weighted by molar-refractivity contribution is 5.96. The summed E-state index contributed by atoms with van der Waals surface area (Å²) in [5.74, 6) is 0.748. The Kier molecular flexibility index (Phi) is 7.24. The molecule has 8 nitrogen and oxygen atoms in total.